The first kappa shape index (κ1) is 21.5. The van der Waals surface area contributed by atoms with Crippen molar-refractivity contribution in [1.29, 1.82) is 0 Å². The molecular formula is C35H25NO. The molecule has 7 rings (SSSR count). The summed E-state index contributed by atoms with van der Waals surface area (Å²) in [7, 11) is 0. The third-order valence-corrected chi connectivity index (χ3v) is 7.20. The highest BCUT2D eigenvalue weighted by Gasteiger charge is 2.13. The van der Waals surface area contributed by atoms with Crippen molar-refractivity contribution in [3.8, 4) is 22.3 Å². The average Bonchev–Trinajstić information content (AvgIpc) is 3.33. The topological polar surface area (TPSA) is 25.2 Å². The van der Waals surface area contributed by atoms with Gasteiger partial charge in [-0.2, -0.15) is 0 Å². The van der Waals surface area contributed by atoms with Crippen LogP contribution in [0.4, 0.5) is 11.4 Å². The summed E-state index contributed by atoms with van der Waals surface area (Å²) in [6, 6.07) is 44.8. The van der Waals surface area contributed by atoms with E-state index < -0.39 is 0 Å². The summed E-state index contributed by atoms with van der Waals surface area (Å²) >= 11 is 0. The van der Waals surface area contributed by atoms with Crippen LogP contribution in [0.1, 0.15) is 5.56 Å². The molecule has 0 aliphatic heterocycles. The molecule has 176 valence electrons. The highest BCUT2D eigenvalue weighted by atomic mass is 16.3. The van der Waals surface area contributed by atoms with Crippen LogP contribution in [0.15, 0.2) is 132 Å². The molecule has 6 aromatic carbocycles. The lowest BCUT2D eigenvalue weighted by atomic mass is 9.96. The first-order valence-corrected chi connectivity index (χ1v) is 12.6. The molecule has 0 saturated carbocycles. The van der Waals surface area contributed by atoms with E-state index >= 15 is 0 Å². The molecule has 7 aromatic rings. The highest BCUT2D eigenvalue weighted by molar-refractivity contribution is 6.12. The number of nitrogens with one attached hydrogen (secondary N) is 1. The predicted octanol–water partition coefficient (Wildman–Crippen LogP) is 10.1. The van der Waals surface area contributed by atoms with Crippen LogP contribution in [0.5, 0.6) is 0 Å². The minimum absolute atomic E-state index is 0.884. The Morgan fingerprint density at radius 2 is 1.30 bits per heavy atom. The van der Waals surface area contributed by atoms with Crippen LogP contribution in [0.2, 0.25) is 0 Å². The van der Waals surface area contributed by atoms with E-state index in [9.17, 15) is 0 Å². The van der Waals surface area contributed by atoms with Gasteiger partial charge in [0, 0.05) is 11.1 Å². The molecule has 37 heavy (non-hydrogen) atoms. The van der Waals surface area contributed by atoms with Crippen molar-refractivity contribution in [3.63, 3.8) is 0 Å². The van der Waals surface area contributed by atoms with Crippen LogP contribution >= 0.6 is 0 Å². The maximum atomic E-state index is 6.30. The number of hydrogen-bond acceptors (Lipinski definition) is 2. The summed E-state index contributed by atoms with van der Waals surface area (Å²) in [6.07, 6.45) is 0. The van der Waals surface area contributed by atoms with Crippen molar-refractivity contribution in [2.45, 2.75) is 6.92 Å². The third kappa shape index (κ3) is 3.75. The Bertz CT molecular complexity index is 1910. The fraction of sp³-hybridized carbons (Fsp3) is 0.0286. The monoisotopic (exact) mass is 475 g/mol. The van der Waals surface area contributed by atoms with E-state index in [-0.39, 0.29) is 0 Å². The molecule has 0 fully saturated rings. The molecule has 0 unspecified atom stereocenters. The van der Waals surface area contributed by atoms with Crippen molar-refractivity contribution in [3.05, 3.63) is 133 Å². The number of furan rings is 1. The van der Waals surface area contributed by atoms with Gasteiger partial charge in [0.15, 0.2) is 0 Å². The quantitative estimate of drug-likeness (QED) is 0.274. The number of aryl methyl sites for hydroxylation is 1. The fourth-order valence-corrected chi connectivity index (χ4v) is 5.33. The van der Waals surface area contributed by atoms with Gasteiger partial charge in [-0.3, -0.25) is 0 Å². The molecule has 0 aliphatic rings. The fourth-order valence-electron chi connectivity index (χ4n) is 5.33. The number of anilines is 2. The number of rotatable bonds is 4. The van der Waals surface area contributed by atoms with E-state index in [1.54, 1.807) is 0 Å². The van der Waals surface area contributed by atoms with E-state index in [4.69, 9.17) is 4.42 Å². The third-order valence-electron chi connectivity index (χ3n) is 7.20. The Morgan fingerprint density at radius 3 is 2.19 bits per heavy atom. The Morgan fingerprint density at radius 1 is 0.514 bits per heavy atom. The van der Waals surface area contributed by atoms with Gasteiger partial charge in [0.1, 0.15) is 11.2 Å². The van der Waals surface area contributed by atoms with Crippen LogP contribution in [0, 0.1) is 6.92 Å². The Kier molecular flexibility index (Phi) is 5.04. The molecule has 0 aliphatic carbocycles. The summed E-state index contributed by atoms with van der Waals surface area (Å²) < 4.78 is 6.30. The molecule has 0 atom stereocenters. The minimum Gasteiger partial charge on any atom is -0.456 e. The summed E-state index contributed by atoms with van der Waals surface area (Å²) in [5.74, 6) is 0. The smallest absolute Gasteiger partial charge is 0.137 e. The van der Waals surface area contributed by atoms with E-state index in [0.29, 0.717) is 0 Å². The van der Waals surface area contributed by atoms with Gasteiger partial charge >= 0.3 is 0 Å². The summed E-state index contributed by atoms with van der Waals surface area (Å²) in [5.41, 5.74) is 9.93. The summed E-state index contributed by atoms with van der Waals surface area (Å²) in [5, 5.41) is 8.45. The Balaban J connectivity index is 1.28. The molecule has 0 amide bonds. The van der Waals surface area contributed by atoms with Gasteiger partial charge in [-0.15, -0.1) is 0 Å². The standard InChI is InChI=1S/C35H25NO/c1-23-21-27(29-14-7-12-25-11-5-6-13-28(25)29)18-20-31(23)36-32-15-8-16-33-35(32)30-19-17-26(22-34(30)37-33)24-9-3-2-4-10-24/h2-22,36H,1H3. The van der Waals surface area contributed by atoms with Gasteiger partial charge < -0.3 is 9.73 Å². The minimum atomic E-state index is 0.884. The van der Waals surface area contributed by atoms with Crippen molar-refractivity contribution in [2.75, 3.05) is 5.32 Å². The molecule has 1 heterocycles. The molecule has 0 radical (unpaired) electrons. The van der Waals surface area contributed by atoms with E-state index in [0.717, 1.165) is 38.9 Å². The van der Waals surface area contributed by atoms with Crippen LogP contribution in [-0.4, -0.2) is 0 Å². The van der Waals surface area contributed by atoms with Crippen LogP contribution in [0.3, 0.4) is 0 Å². The number of benzene rings is 6. The zero-order valence-corrected chi connectivity index (χ0v) is 20.5. The van der Waals surface area contributed by atoms with Gasteiger partial charge in [0.25, 0.3) is 0 Å². The molecule has 2 heteroatoms. The van der Waals surface area contributed by atoms with Gasteiger partial charge in [-0.05, 0) is 81.9 Å². The van der Waals surface area contributed by atoms with Gasteiger partial charge in [-0.1, -0.05) is 91.0 Å². The largest absolute Gasteiger partial charge is 0.456 e. The predicted molar refractivity (Wildman–Crippen MR) is 157 cm³/mol. The van der Waals surface area contributed by atoms with Crippen LogP contribution < -0.4 is 5.32 Å². The Labute approximate surface area is 215 Å². The summed E-state index contributed by atoms with van der Waals surface area (Å²) in [4.78, 5) is 0. The SMILES string of the molecule is Cc1cc(-c2cccc3ccccc23)ccc1Nc1cccc2oc3cc(-c4ccccc4)ccc3c12. The maximum absolute atomic E-state index is 6.30. The van der Waals surface area contributed by atoms with E-state index in [1.165, 1.54) is 33.0 Å². The molecule has 1 N–H and O–H groups in total. The second-order valence-corrected chi connectivity index (χ2v) is 9.54. The van der Waals surface area contributed by atoms with Gasteiger partial charge in [0.05, 0.1) is 11.1 Å². The maximum Gasteiger partial charge on any atom is 0.137 e. The van der Waals surface area contributed by atoms with E-state index in [1.807, 2.05) is 18.2 Å². The normalized spacial score (nSPS) is 11.4. The molecule has 0 saturated heterocycles. The highest BCUT2D eigenvalue weighted by Crippen LogP contribution is 2.38. The van der Waals surface area contributed by atoms with E-state index in [2.05, 4.69) is 121 Å². The lowest BCUT2D eigenvalue weighted by Gasteiger charge is -2.13. The Hall–Kier alpha value is -4.82. The zero-order valence-electron chi connectivity index (χ0n) is 20.5. The first-order chi connectivity index (χ1) is 18.2. The van der Waals surface area contributed by atoms with Crippen LogP contribution in [0.25, 0.3) is 55.0 Å². The second kappa shape index (κ2) is 8.69. The number of hydrogen-bond donors (Lipinski definition) is 1. The first-order valence-electron chi connectivity index (χ1n) is 12.6. The van der Waals surface area contributed by atoms with Gasteiger partial charge in [0.2, 0.25) is 0 Å². The second-order valence-electron chi connectivity index (χ2n) is 9.54. The summed E-state index contributed by atoms with van der Waals surface area (Å²) in [6.45, 7) is 2.16. The lowest BCUT2D eigenvalue weighted by Crippen LogP contribution is -1.94. The van der Waals surface area contributed by atoms with Crippen LogP contribution in [-0.2, 0) is 0 Å². The molecule has 2 nitrogen and oxygen atoms in total. The zero-order chi connectivity index (χ0) is 24.8. The average molecular weight is 476 g/mol. The van der Waals surface area contributed by atoms with Crippen molar-refractivity contribution in [2.24, 2.45) is 0 Å². The lowest BCUT2D eigenvalue weighted by molar-refractivity contribution is 0.669. The van der Waals surface area contributed by atoms with Crippen molar-refractivity contribution >= 4 is 44.1 Å². The number of fused-ring (bicyclic) bond motifs is 4. The molecule has 0 spiro atoms. The molecule has 0 bridgehead atoms. The van der Waals surface area contributed by atoms with Crippen molar-refractivity contribution < 1.29 is 4.42 Å². The van der Waals surface area contributed by atoms with Crippen molar-refractivity contribution in [1.82, 2.24) is 0 Å². The molecular weight excluding hydrogens is 450 g/mol. The molecule has 1 aromatic heterocycles. The van der Waals surface area contributed by atoms with Gasteiger partial charge in [-0.25, -0.2) is 0 Å².